The third-order valence-electron chi connectivity index (χ3n) is 7.36. The highest BCUT2D eigenvalue weighted by atomic mass is 32.2. The molecule has 0 radical (unpaired) electrons. The number of non-ortho nitro benzene ring substituents is 1. The van der Waals surface area contributed by atoms with Gasteiger partial charge in [-0.1, -0.05) is 24.3 Å². The van der Waals surface area contributed by atoms with Crippen LogP contribution in [-0.2, 0) is 13.0 Å². The van der Waals surface area contributed by atoms with Crippen LogP contribution in [0, 0.1) is 10.1 Å². The number of nitro benzene ring substituents is 1. The van der Waals surface area contributed by atoms with Gasteiger partial charge in [0.2, 0.25) is 0 Å². The SMILES string of the molecule is COc1cc(N=Nc2ccc([N+](C)(C)Cc3cccc(C[C@H]4CSCS4)c3)cc2)c(OC)cc1N=Nc1ccc([N+](=O)[O-])cc1. The van der Waals surface area contributed by atoms with E-state index in [2.05, 4.69) is 82.7 Å². The second kappa shape index (κ2) is 14.7. The zero-order valence-corrected chi connectivity index (χ0v) is 27.3. The summed E-state index contributed by atoms with van der Waals surface area (Å²) in [5, 5.41) is 30.1. The van der Waals surface area contributed by atoms with Gasteiger partial charge in [-0.05, 0) is 36.2 Å². The molecule has 0 amide bonds. The lowest BCUT2D eigenvalue weighted by atomic mass is 10.1. The van der Waals surface area contributed by atoms with E-state index in [0.717, 1.165) is 13.0 Å². The number of quaternary nitrogens is 1. The molecule has 1 atom stereocenters. The first-order valence-electron chi connectivity index (χ1n) is 14.3. The molecule has 1 aliphatic rings. The summed E-state index contributed by atoms with van der Waals surface area (Å²) in [6.07, 6.45) is 1.13. The molecule has 1 saturated heterocycles. The molecule has 1 fully saturated rings. The maximum atomic E-state index is 10.9. The fourth-order valence-corrected chi connectivity index (χ4v) is 7.87. The summed E-state index contributed by atoms with van der Waals surface area (Å²) >= 11 is 4.10. The topological polar surface area (TPSA) is 111 Å². The van der Waals surface area contributed by atoms with Crippen molar-refractivity contribution in [3.63, 3.8) is 0 Å². The summed E-state index contributed by atoms with van der Waals surface area (Å²) in [7, 11) is 7.49. The van der Waals surface area contributed by atoms with Crippen LogP contribution in [0.25, 0.3) is 0 Å². The predicted octanol–water partition coefficient (Wildman–Crippen LogP) is 9.56. The minimum Gasteiger partial charge on any atom is -0.494 e. The average molecular weight is 644 g/mol. The largest absolute Gasteiger partial charge is 0.494 e. The fourth-order valence-electron chi connectivity index (χ4n) is 4.96. The van der Waals surface area contributed by atoms with E-state index in [-0.39, 0.29) is 5.69 Å². The second-order valence-corrected chi connectivity index (χ2v) is 13.7. The van der Waals surface area contributed by atoms with Crippen LogP contribution in [-0.4, -0.2) is 49.3 Å². The number of benzene rings is 4. The Morgan fingerprint density at radius 2 is 1.40 bits per heavy atom. The van der Waals surface area contributed by atoms with Crippen LogP contribution >= 0.6 is 23.5 Å². The smallest absolute Gasteiger partial charge is 0.269 e. The fraction of sp³-hybridized carbons (Fsp3) is 0.273. The molecule has 5 rings (SSSR count). The van der Waals surface area contributed by atoms with Gasteiger partial charge in [0.15, 0.2) is 0 Å². The number of ether oxygens (including phenoxy) is 2. The minimum atomic E-state index is -0.465. The summed E-state index contributed by atoms with van der Waals surface area (Å²) in [6.45, 7) is 0.881. The van der Waals surface area contributed by atoms with Crippen molar-refractivity contribution >= 4 is 57.6 Å². The van der Waals surface area contributed by atoms with Crippen molar-refractivity contribution in [2.75, 3.05) is 39.2 Å². The number of nitrogens with zero attached hydrogens (tertiary/aromatic N) is 6. The van der Waals surface area contributed by atoms with Gasteiger partial charge in [0.05, 0.1) is 44.6 Å². The summed E-state index contributed by atoms with van der Waals surface area (Å²) in [5.41, 5.74) is 5.94. The van der Waals surface area contributed by atoms with Gasteiger partial charge in [-0.3, -0.25) is 14.6 Å². The standard InChI is InChI=1S/C33H35N6O4S2/c1-39(2,20-24-7-5-6-23(16-24)17-29-21-44-22-45-29)28-14-10-26(11-15-28)35-37-31-19-32(42-3)30(18-33(31)43-4)36-34-25-8-12-27(13-9-25)38(40)41/h5-16,18-19,29H,17,20-22H2,1-4H3/q+1/t29-/m0/s1. The molecule has 0 aromatic heterocycles. The maximum absolute atomic E-state index is 10.9. The number of azo groups is 2. The zero-order valence-electron chi connectivity index (χ0n) is 25.6. The van der Waals surface area contributed by atoms with Gasteiger partial charge in [0, 0.05) is 58.0 Å². The Morgan fingerprint density at radius 1 is 0.822 bits per heavy atom. The Hall–Kier alpha value is -4.26. The number of methoxy groups -OCH3 is 2. The first kappa shape index (κ1) is 32.1. The number of nitro groups is 1. The molecule has 0 N–H and O–H groups in total. The van der Waals surface area contributed by atoms with Crippen LogP contribution in [0.5, 0.6) is 11.5 Å². The molecule has 1 heterocycles. The molecule has 12 heteroatoms. The molecular formula is C33H35N6O4S2+. The Labute approximate surface area is 271 Å². The van der Waals surface area contributed by atoms with Gasteiger partial charge >= 0.3 is 0 Å². The molecule has 0 bridgehead atoms. The Balaban J connectivity index is 1.27. The highest BCUT2D eigenvalue weighted by Gasteiger charge is 2.21. The first-order valence-corrected chi connectivity index (χ1v) is 16.5. The Morgan fingerprint density at radius 3 is 1.93 bits per heavy atom. The molecule has 232 valence electrons. The lowest BCUT2D eigenvalue weighted by Crippen LogP contribution is -2.39. The van der Waals surface area contributed by atoms with E-state index in [1.54, 1.807) is 12.1 Å². The van der Waals surface area contributed by atoms with E-state index in [0.29, 0.717) is 44.0 Å². The zero-order chi connectivity index (χ0) is 31.8. The van der Waals surface area contributed by atoms with Crippen molar-refractivity contribution in [2.45, 2.75) is 18.2 Å². The average Bonchev–Trinajstić information content (AvgIpc) is 3.56. The molecular weight excluding hydrogens is 609 g/mol. The van der Waals surface area contributed by atoms with Crippen LogP contribution in [0.4, 0.5) is 34.1 Å². The Bertz CT molecular complexity index is 1690. The normalized spacial score (nSPS) is 15.2. The first-order chi connectivity index (χ1) is 21.7. The maximum Gasteiger partial charge on any atom is 0.269 e. The number of hydrogen-bond donors (Lipinski definition) is 0. The van der Waals surface area contributed by atoms with Crippen LogP contribution in [0.15, 0.2) is 105 Å². The van der Waals surface area contributed by atoms with E-state index in [1.165, 1.54) is 66.1 Å². The molecule has 0 unspecified atom stereocenters. The van der Waals surface area contributed by atoms with Crippen molar-refractivity contribution < 1.29 is 14.4 Å². The number of rotatable bonds is 12. The molecule has 45 heavy (non-hydrogen) atoms. The molecule has 1 aliphatic heterocycles. The van der Waals surface area contributed by atoms with Crippen molar-refractivity contribution in [1.82, 2.24) is 4.48 Å². The summed E-state index contributed by atoms with van der Waals surface area (Å²) < 4.78 is 11.8. The quantitative estimate of drug-likeness (QED) is 0.0658. The monoisotopic (exact) mass is 643 g/mol. The number of thioether (sulfide) groups is 2. The van der Waals surface area contributed by atoms with Gasteiger partial charge < -0.3 is 9.47 Å². The second-order valence-electron chi connectivity index (χ2n) is 11.0. The molecule has 4 aromatic rings. The lowest BCUT2D eigenvalue weighted by Gasteiger charge is -2.29. The lowest BCUT2D eigenvalue weighted by molar-refractivity contribution is -0.384. The van der Waals surface area contributed by atoms with Gasteiger partial charge in [0.1, 0.15) is 35.1 Å². The third-order valence-corrected chi connectivity index (χ3v) is 10.2. The summed E-state index contributed by atoms with van der Waals surface area (Å²) in [6, 6.07) is 26.2. The highest BCUT2D eigenvalue weighted by Crippen LogP contribution is 2.41. The van der Waals surface area contributed by atoms with Crippen LogP contribution < -0.4 is 14.0 Å². The van der Waals surface area contributed by atoms with E-state index in [9.17, 15) is 10.1 Å². The highest BCUT2D eigenvalue weighted by molar-refractivity contribution is 8.19. The van der Waals surface area contributed by atoms with Gasteiger partial charge in [0.25, 0.3) is 5.69 Å². The predicted molar refractivity (Wildman–Crippen MR) is 184 cm³/mol. The number of hydrogen-bond acceptors (Lipinski definition) is 10. The molecule has 0 aliphatic carbocycles. The minimum absolute atomic E-state index is 0.0191. The van der Waals surface area contributed by atoms with E-state index >= 15 is 0 Å². The summed E-state index contributed by atoms with van der Waals surface area (Å²) in [4.78, 5) is 10.4. The molecule has 0 saturated carbocycles. The van der Waals surface area contributed by atoms with Gasteiger partial charge in [-0.25, -0.2) is 0 Å². The van der Waals surface area contributed by atoms with E-state index in [4.69, 9.17) is 9.47 Å². The molecule has 0 spiro atoms. The van der Waals surface area contributed by atoms with E-state index < -0.39 is 4.92 Å². The van der Waals surface area contributed by atoms with Crippen molar-refractivity contribution in [2.24, 2.45) is 20.5 Å². The van der Waals surface area contributed by atoms with Gasteiger partial charge in [-0.15, -0.1) is 33.8 Å². The molecule has 4 aromatic carbocycles. The van der Waals surface area contributed by atoms with Crippen LogP contribution in [0.1, 0.15) is 11.1 Å². The third kappa shape index (κ3) is 8.47. The van der Waals surface area contributed by atoms with Crippen LogP contribution in [0.3, 0.4) is 0 Å². The molecule has 10 nitrogen and oxygen atoms in total. The van der Waals surface area contributed by atoms with E-state index in [1.807, 2.05) is 23.9 Å². The Kier molecular flexibility index (Phi) is 10.5. The summed E-state index contributed by atoms with van der Waals surface area (Å²) in [5.74, 6) is 2.11. The van der Waals surface area contributed by atoms with Crippen molar-refractivity contribution in [1.29, 1.82) is 0 Å². The van der Waals surface area contributed by atoms with Crippen LogP contribution in [0.2, 0.25) is 0 Å². The van der Waals surface area contributed by atoms with Crippen molar-refractivity contribution in [3.05, 3.63) is 106 Å². The van der Waals surface area contributed by atoms with Gasteiger partial charge in [-0.2, -0.15) is 10.2 Å². The van der Waals surface area contributed by atoms with Crippen molar-refractivity contribution in [3.8, 4) is 11.5 Å².